The molecule has 4 nitrogen and oxygen atoms in total. The number of hydrogen-bond donors (Lipinski definition) is 0. The van der Waals surface area contributed by atoms with Gasteiger partial charge in [-0.1, -0.05) is 6.92 Å². The molecule has 2 rings (SSSR count). The molecule has 0 fully saturated rings. The van der Waals surface area contributed by atoms with Crippen LogP contribution in [-0.2, 0) is 11.2 Å². The average molecular weight is 322 g/mol. The third-order valence-corrected chi connectivity index (χ3v) is 3.95. The number of carbonyl (C=O) groups excluding carboxylic acids is 1. The molecule has 0 aliphatic carbocycles. The third-order valence-electron chi connectivity index (χ3n) is 3.95. The number of aromatic nitrogens is 1. The van der Waals surface area contributed by atoms with Crippen LogP contribution in [0.15, 0.2) is 28.8 Å². The molecule has 0 aliphatic rings. The van der Waals surface area contributed by atoms with E-state index in [-0.39, 0.29) is 29.7 Å². The summed E-state index contributed by atoms with van der Waals surface area (Å²) in [4.78, 5) is 17.8. The fraction of sp³-hybridized carbons (Fsp3) is 0.412. The van der Waals surface area contributed by atoms with E-state index in [9.17, 15) is 13.6 Å². The SMILES string of the molecule is CCC(C)N(C)C(=O)CCc1ncc(-c2ccc(F)cc2F)o1. The molecule has 0 N–H and O–H groups in total. The first kappa shape index (κ1) is 17.1. The number of halogens is 2. The summed E-state index contributed by atoms with van der Waals surface area (Å²) in [6.45, 7) is 4.00. The van der Waals surface area contributed by atoms with Gasteiger partial charge in [0.05, 0.1) is 11.8 Å². The summed E-state index contributed by atoms with van der Waals surface area (Å²) < 4.78 is 32.1. The molecule has 1 aromatic heterocycles. The van der Waals surface area contributed by atoms with Gasteiger partial charge in [-0.25, -0.2) is 13.8 Å². The van der Waals surface area contributed by atoms with Crippen molar-refractivity contribution >= 4 is 5.91 Å². The summed E-state index contributed by atoms with van der Waals surface area (Å²) in [5, 5.41) is 0. The quantitative estimate of drug-likeness (QED) is 0.812. The molecule has 23 heavy (non-hydrogen) atoms. The summed E-state index contributed by atoms with van der Waals surface area (Å²) >= 11 is 0. The molecule has 0 radical (unpaired) electrons. The Bertz CT molecular complexity index is 685. The first-order valence-corrected chi connectivity index (χ1v) is 7.58. The van der Waals surface area contributed by atoms with Crippen molar-refractivity contribution in [2.24, 2.45) is 0 Å². The molecular formula is C17H20F2N2O2. The van der Waals surface area contributed by atoms with Gasteiger partial charge < -0.3 is 9.32 Å². The Hall–Kier alpha value is -2.24. The van der Waals surface area contributed by atoms with E-state index in [4.69, 9.17) is 4.42 Å². The van der Waals surface area contributed by atoms with E-state index in [0.29, 0.717) is 12.3 Å². The molecule has 1 unspecified atom stereocenters. The molecular weight excluding hydrogens is 302 g/mol. The van der Waals surface area contributed by atoms with Gasteiger partial charge in [0, 0.05) is 32.0 Å². The van der Waals surface area contributed by atoms with Crippen molar-refractivity contribution in [3.05, 3.63) is 41.9 Å². The minimum atomic E-state index is -0.708. The number of oxazole rings is 1. The molecule has 1 heterocycles. The predicted molar refractivity (Wildman–Crippen MR) is 82.7 cm³/mol. The van der Waals surface area contributed by atoms with Crippen LogP contribution in [0.2, 0.25) is 0 Å². The van der Waals surface area contributed by atoms with Crippen molar-refractivity contribution in [1.82, 2.24) is 9.88 Å². The van der Waals surface area contributed by atoms with Crippen molar-refractivity contribution < 1.29 is 18.0 Å². The lowest BCUT2D eigenvalue weighted by Crippen LogP contribution is -2.34. The highest BCUT2D eigenvalue weighted by Gasteiger charge is 2.16. The Morgan fingerprint density at radius 3 is 2.78 bits per heavy atom. The Morgan fingerprint density at radius 1 is 1.39 bits per heavy atom. The Balaban J connectivity index is 2.01. The molecule has 124 valence electrons. The first-order valence-electron chi connectivity index (χ1n) is 7.58. The lowest BCUT2D eigenvalue weighted by atomic mass is 10.2. The fourth-order valence-corrected chi connectivity index (χ4v) is 2.15. The number of nitrogens with zero attached hydrogens (tertiary/aromatic N) is 2. The van der Waals surface area contributed by atoms with E-state index in [1.807, 2.05) is 13.8 Å². The van der Waals surface area contributed by atoms with E-state index in [1.54, 1.807) is 11.9 Å². The second-order valence-electron chi connectivity index (χ2n) is 5.50. The molecule has 0 bridgehead atoms. The zero-order chi connectivity index (χ0) is 17.0. The number of rotatable bonds is 6. The molecule has 2 aromatic rings. The average Bonchev–Trinajstić information content (AvgIpc) is 2.99. The van der Waals surface area contributed by atoms with Crippen LogP contribution < -0.4 is 0 Å². The monoisotopic (exact) mass is 322 g/mol. The summed E-state index contributed by atoms with van der Waals surface area (Å²) in [5.41, 5.74) is 0.146. The lowest BCUT2D eigenvalue weighted by molar-refractivity contribution is -0.131. The van der Waals surface area contributed by atoms with Gasteiger partial charge in [0.25, 0.3) is 0 Å². The van der Waals surface area contributed by atoms with Gasteiger partial charge >= 0.3 is 0 Å². The van der Waals surface area contributed by atoms with E-state index >= 15 is 0 Å². The fourth-order valence-electron chi connectivity index (χ4n) is 2.15. The van der Waals surface area contributed by atoms with Crippen LogP contribution >= 0.6 is 0 Å². The minimum absolute atomic E-state index is 0.00654. The van der Waals surface area contributed by atoms with Gasteiger partial charge in [-0.3, -0.25) is 4.79 Å². The third kappa shape index (κ3) is 4.15. The van der Waals surface area contributed by atoms with Crippen LogP contribution in [-0.4, -0.2) is 28.9 Å². The Kier molecular flexibility index (Phi) is 5.47. The van der Waals surface area contributed by atoms with Crippen LogP contribution in [0.4, 0.5) is 8.78 Å². The number of aryl methyl sites for hydroxylation is 1. The number of hydrogen-bond acceptors (Lipinski definition) is 3. The van der Waals surface area contributed by atoms with E-state index in [2.05, 4.69) is 4.98 Å². The van der Waals surface area contributed by atoms with Crippen molar-refractivity contribution in [2.45, 2.75) is 39.2 Å². The zero-order valence-corrected chi connectivity index (χ0v) is 13.5. The molecule has 0 spiro atoms. The van der Waals surface area contributed by atoms with Crippen molar-refractivity contribution in [2.75, 3.05) is 7.05 Å². The van der Waals surface area contributed by atoms with Gasteiger partial charge in [0.1, 0.15) is 11.6 Å². The van der Waals surface area contributed by atoms with Gasteiger partial charge in [-0.05, 0) is 25.5 Å². The van der Waals surface area contributed by atoms with E-state index in [1.165, 1.54) is 12.3 Å². The second-order valence-corrected chi connectivity index (χ2v) is 5.50. The highest BCUT2D eigenvalue weighted by molar-refractivity contribution is 5.76. The van der Waals surface area contributed by atoms with E-state index < -0.39 is 11.6 Å². The number of amides is 1. The van der Waals surface area contributed by atoms with Crippen LogP contribution in [0.5, 0.6) is 0 Å². The summed E-state index contributed by atoms with van der Waals surface area (Å²) in [6, 6.07) is 3.43. The molecule has 1 atom stereocenters. The molecule has 6 heteroatoms. The zero-order valence-electron chi connectivity index (χ0n) is 13.5. The topological polar surface area (TPSA) is 46.3 Å². The number of carbonyl (C=O) groups is 1. The Morgan fingerprint density at radius 2 is 2.13 bits per heavy atom. The standard InChI is InChI=1S/C17H20F2N2O2/c1-4-11(2)21(3)17(22)8-7-16-20-10-15(23-16)13-6-5-12(18)9-14(13)19/h5-6,9-11H,4,7-8H2,1-3H3. The summed E-state index contributed by atoms with van der Waals surface area (Å²) in [6.07, 6.45) is 2.87. The smallest absolute Gasteiger partial charge is 0.223 e. The molecule has 0 saturated carbocycles. The highest BCUT2D eigenvalue weighted by Crippen LogP contribution is 2.24. The normalized spacial score (nSPS) is 12.2. The first-order chi connectivity index (χ1) is 10.9. The maximum absolute atomic E-state index is 13.7. The van der Waals surface area contributed by atoms with Gasteiger partial charge in [0.15, 0.2) is 11.7 Å². The second kappa shape index (κ2) is 7.35. The number of benzene rings is 1. The van der Waals surface area contributed by atoms with Crippen molar-refractivity contribution in [3.63, 3.8) is 0 Å². The maximum Gasteiger partial charge on any atom is 0.223 e. The van der Waals surface area contributed by atoms with Gasteiger partial charge in [-0.2, -0.15) is 0 Å². The van der Waals surface area contributed by atoms with Crippen molar-refractivity contribution in [1.29, 1.82) is 0 Å². The van der Waals surface area contributed by atoms with Gasteiger partial charge in [-0.15, -0.1) is 0 Å². The van der Waals surface area contributed by atoms with Crippen LogP contribution in [0.1, 0.15) is 32.6 Å². The van der Waals surface area contributed by atoms with Gasteiger partial charge in [0.2, 0.25) is 5.91 Å². The predicted octanol–water partition coefficient (Wildman–Crippen LogP) is 3.81. The van der Waals surface area contributed by atoms with Crippen LogP contribution in [0.3, 0.4) is 0 Å². The summed E-state index contributed by atoms with van der Waals surface area (Å²) in [7, 11) is 1.77. The molecule has 0 aliphatic heterocycles. The molecule has 0 saturated heterocycles. The molecule has 1 amide bonds. The molecule has 1 aromatic carbocycles. The van der Waals surface area contributed by atoms with E-state index in [0.717, 1.165) is 18.6 Å². The lowest BCUT2D eigenvalue weighted by Gasteiger charge is -2.23. The minimum Gasteiger partial charge on any atom is -0.441 e. The van der Waals surface area contributed by atoms with Crippen molar-refractivity contribution in [3.8, 4) is 11.3 Å². The van der Waals surface area contributed by atoms with Crippen LogP contribution in [0.25, 0.3) is 11.3 Å². The maximum atomic E-state index is 13.7. The highest BCUT2D eigenvalue weighted by atomic mass is 19.1. The Labute approximate surface area is 134 Å². The summed E-state index contributed by atoms with van der Waals surface area (Å²) in [5.74, 6) is -0.771. The largest absolute Gasteiger partial charge is 0.441 e. The van der Waals surface area contributed by atoms with Crippen LogP contribution in [0, 0.1) is 11.6 Å².